The van der Waals surface area contributed by atoms with Gasteiger partial charge in [-0.25, -0.2) is 9.78 Å². The Kier molecular flexibility index (Phi) is 5.85. The minimum absolute atomic E-state index is 0.0668. The second kappa shape index (κ2) is 7.41. The molecule has 1 aromatic rings. The van der Waals surface area contributed by atoms with Gasteiger partial charge in [-0.15, -0.1) is 0 Å². The zero-order chi connectivity index (χ0) is 14.3. The number of rotatable bonds is 6. The van der Waals surface area contributed by atoms with Gasteiger partial charge in [-0.3, -0.25) is 9.59 Å². The monoisotopic (exact) mass is 263 g/mol. The summed E-state index contributed by atoms with van der Waals surface area (Å²) in [5.41, 5.74) is 1.10. The first-order chi connectivity index (χ1) is 9.02. The van der Waals surface area contributed by atoms with Crippen LogP contribution in [0.3, 0.4) is 0 Å². The molecule has 0 unspecified atom stereocenters. The molecule has 5 nitrogen and oxygen atoms in total. The molecule has 0 aliphatic heterocycles. The summed E-state index contributed by atoms with van der Waals surface area (Å²) in [5, 5.41) is 0. The highest BCUT2D eigenvalue weighted by Crippen LogP contribution is 2.06. The Hall–Kier alpha value is -2.04. The van der Waals surface area contributed by atoms with Crippen molar-refractivity contribution < 1.29 is 19.1 Å². The van der Waals surface area contributed by atoms with Crippen LogP contribution >= 0.6 is 0 Å². The zero-order valence-electron chi connectivity index (χ0n) is 11.1. The predicted molar refractivity (Wildman–Crippen MR) is 68.6 cm³/mol. The molecule has 0 aliphatic carbocycles. The lowest BCUT2D eigenvalue weighted by Crippen LogP contribution is -2.16. The molecule has 5 heteroatoms. The molecule has 0 spiro atoms. The predicted octanol–water partition coefficient (Wildman–Crippen LogP) is 2.09. The number of nitrogens with zero attached hydrogens (tertiary/aromatic N) is 1. The molecular formula is C14H17NO4. The third-order valence-electron chi connectivity index (χ3n) is 2.45. The van der Waals surface area contributed by atoms with Crippen LogP contribution in [0.25, 0.3) is 0 Å². The number of pyridine rings is 1. The second-order valence-electron chi connectivity index (χ2n) is 4.30. The lowest BCUT2D eigenvalue weighted by molar-refractivity contribution is -0.140. The van der Waals surface area contributed by atoms with Crippen molar-refractivity contribution in [1.82, 2.24) is 4.98 Å². The average Bonchev–Trinajstić information content (AvgIpc) is 2.35. The lowest BCUT2D eigenvalue weighted by atomic mass is 10.1. The fourth-order valence-corrected chi connectivity index (χ4v) is 1.47. The van der Waals surface area contributed by atoms with Crippen molar-refractivity contribution in [2.24, 2.45) is 0 Å². The highest BCUT2D eigenvalue weighted by atomic mass is 16.6. The highest BCUT2D eigenvalue weighted by molar-refractivity contribution is 6.01. The largest absolute Gasteiger partial charge is 0.388 e. The molecule has 0 amide bonds. The van der Waals surface area contributed by atoms with Crippen molar-refractivity contribution in [1.29, 1.82) is 0 Å². The van der Waals surface area contributed by atoms with Gasteiger partial charge in [0.2, 0.25) is 0 Å². The van der Waals surface area contributed by atoms with Crippen LogP contribution < -0.4 is 0 Å². The smallest absolute Gasteiger partial charge is 0.364 e. The summed E-state index contributed by atoms with van der Waals surface area (Å²) in [6.45, 7) is 3.35. The number of carbonyl (C=O) groups excluding carboxylic acids is 3. The van der Waals surface area contributed by atoms with E-state index in [9.17, 15) is 14.4 Å². The van der Waals surface area contributed by atoms with E-state index in [4.69, 9.17) is 0 Å². The van der Waals surface area contributed by atoms with Crippen molar-refractivity contribution in [3.63, 3.8) is 0 Å². The molecule has 0 N–H and O–H groups in total. The maximum absolute atomic E-state index is 11.5. The molecule has 0 aromatic carbocycles. The van der Waals surface area contributed by atoms with E-state index >= 15 is 0 Å². The van der Waals surface area contributed by atoms with Crippen molar-refractivity contribution >= 4 is 17.7 Å². The SMILES string of the molecule is CCCCc1ccc(C(=O)OC(=O)CC(C)=O)nc1. The first-order valence-corrected chi connectivity index (χ1v) is 6.22. The summed E-state index contributed by atoms with van der Waals surface area (Å²) < 4.78 is 4.51. The second-order valence-corrected chi connectivity index (χ2v) is 4.30. The molecular weight excluding hydrogens is 246 g/mol. The van der Waals surface area contributed by atoms with E-state index in [-0.39, 0.29) is 11.5 Å². The molecule has 0 bridgehead atoms. The maximum Gasteiger partial charge on any atom is 0.364 e. The number of ether oxygens (including phenoxy) is 1. The topological polar surface area (TPSA) is 73.3 Å². The highest BCUT2D eigenvalue weighted by Gasteiger charge is 2.15. The maximum atomic E-state index is 11.5. The molecule has 0 atom stereocenters. The van der Waals surface area contributed by atoms with E-state index in [0.717, 1.165) is 24.8 Å². The normalized spacial score (nSPS) is 10.0. The number of unbranched alkanes of at least 4 members (excludes halogenated alkanes) is 1. The molecule has 102 valence electrons. The molecule has 1 rings (SSSR count). The Morgan fingerprint density at radius 2 is 2.00 bits per heavy atom. The summed E-state index contributed by atoms with van der Waals surface area (Å²) in [6.07, 6.45) is 4.25. The van der Waals surface area contributed by atoms with Crippen molar-refractivity contribution in [2.75, 3.05) is 0 Å². The van der Waals surface area contributed by atoms with Crippen LogP contribution in [0.1, 0.15) is 49.2 Å². The Bertz CT molecular complexity index is 465. The summed E-state index contributed by atoms with van der Waals surface area (Å²) in [4.78, 5) is 37.3. The third-order valence-corrected chi connectivity index (χ3v) is 2.45. The third kappa shape index (κ3) is 5.42. The Morgan fingerprint density at radius 1 is 1.26 bits per heavy atom. The zero-order valence-corrected chi connectivity index (χ0v) is 11.1. The van der Waals surface area contributed by atoms with Crippen molar-refractivity contribution in [2.45, 2.75) is 39.5 Å². The summed E-state index contributed by atoms with van der Waals surface area (Å²) in [6, 6.07) is 3.31. The van der Waals surface area contributed by atoms with Crippen LogP contribution in [-0.4, -0.2) is 22.7 Å². The van der Waals surface area contributed by atoms with E-state index in [1.165, 1.54) is 13.0 Å². The molecule has 0 saturated carbocycles. The van der Waals surface area contributed by atoms with Crippen LogP contribution in [-0.2, 0) is 20.7 Å². The summed E-state index contributed by atoms with van der Waals surface area (Å²) in [5.74, 6) is -2.02. The molecule has 19 heavy (non-hydrogen) atoms. The van der Waals surface area contributed by atoms with Gasteiger partial charge < -0.3 is 4.74 Å². The number of carbonyl (C=O) groups is 3. The minimum atomic E-state index is -0.852. The van der Waals surface area contributed by atoms with Crippen LogP contribution in [0.5, 0.6) is 0 Å². The first-order valence-electron chi connectivity index (χ1n) is 6.22. The van der Waals surface area contributed by atoms with Crippen molar-refractivity contribution in [3.8, 4) is 0 Å². The van der Waals surface area contributed by atoms with Gasteiger partial charge in [-0.1, -0.05) is 19.4 Å². The molecule has 0 radical (unpaired) electrons. The number of aromatic nitrogens is 1. The van der Waals surface area contributed by atoms with Crippen molar-refractivity contribution in [3.05, 3.63) is 29.6 Å². The molecule has 0 fully saturated rings. The van der Waals surface area contributed by atoms with Gasteiger partial charge in [0.05, 0.1) is 0 Å². The summed E-state index contributed by atoms with van der Waals surface area (Å²) >= 11 is 0. The van der Waals surface area contributed by atoms with Crippen LogP contribution in [0, 0.1) is 0 Å². The Morgan fingerprint density at radius 3 is 2.53 bits per heavy atom. The van der Waals surface area contributed by atoms with Crippen LogP contribution in [0.15, 0.2) is 18.3 Å². The van der Waals surface area contributed by atoms with E-state index in [1.807, 2.05) is 0 Å². The van der Waals surface area contributed by atoms with Crippen LogP contribution in [0.4, 0.5) is 0 Å². The number of Topliss-reactive ketones (excluding diaryl/α,β-unsaturated/α-hetero) is 1. The van der Waals surface area contributed by atoms with E-state index in [2.05, 4.69) is 16.6 Å². The number of ketones is 1. The van der Waals surface area contributed by atoms with Crippen LogP contribution in [0.2, 0.25) is 0 Å². The molecule has 1 aromatic heterocycles. The van der Waals surface area contributed by atoms with E-state index in [1.54, 1.807) is 12.3 Å². The van der Waals surface area contributed by atoms with Gasteiger partial charge in [-0.05, 0) is 31.4 Å². The fraction of sp³-hybridized carbons (Fsp3) is 0.429. The molecule has 0 saturated heterocycles. The standard InChI is InChI=1S/C14H17NO4/c1-3-4-5-11-6-7-12(15-9-11)14(18)19-13(17)8-10(2)16/h6-7,9H,3-5,8H2,1-2H3. The molecule has 0 aliphatic rings. The number of hydrogen-bond donors (Lipinski definition) is 0. The Labute approximate surface area is 112 Å². The number of aryl methyl sites for hydroxylation is 1. The van der Waals surface area contributed by atoms with Gasteiger partial charge >= 0.3 is 11.9 Å². The van der Waals surface area contributed by atoms with Gasteiger partial charge in [0, 0.05) is 6.20 Å². The lowest BCUT2D eigenvalue weighted by Gasteiger charge is -2.03. The quantitative estimate of drug-likeness (QED) is 0.580. The van der Waals surface area contributed by atoms with Gasteiger partial charge in [0.15, 0.2) is 0 Å². The molecule has 1 heterocycles. The number of hydrogen-bond acceptors (Lipinski definition) is 5. The van der Waals surface area contributed by atoms with E-state index < -0.39 is 18.4 Å². The number of esters is 2. The average molecular weight is 263 g/mol. The van der Waals surface area contributed by atoms with Gasteiger partial charge in [0.1, 0.15) is 17.9 Å². The van der Waals surface area contributed by atoms with Gasteiger partial charge in [-0.2, -0.15) is 0 Å². The summed E-state index contributed by atoms with van der Waals surface area (Å²) in [7, 11) is 0. The first kappa shape index (κ1) is 15.0. The fourth-order valence-electron chi connectivity index (χ4n) is 1.47. The van der Waals surface area contributed by atoms with Gasteiger partial charge in [0.25, 0.3) is 0 Å². The van der Waals surface area contributed by atoms with E-state index in [0.29, 0.717) is 0 Å². The Balaban J connectivity index is 2.57. The minimum Gasteiger partial charge on any atom is -0.388 e.